The van der Waals surface area contributed by atoms with E-state index in [0.717, 1.165) is 17.4 Å². The fourth-order valence-corrected chi connectivity index (χ4v) is 2.02. The average molecular weight is 254 g/mol. The third-order valence-electron chi connectivity index (χ3n) is 3.09. The van der Waals surface area contributed by atoms with Crippen LogP contribution in [0.15, 0.2) is 36.5 Å². The van der Waals surface area contributed by atoms with Crippen LogP contribution in [-0.2, 0) is 6.54 Å². The maximum absolute atomic E-state index is 4.35. The zero-order valence-corrected chi connectivity index (χ0v) is 10.5. The highest BCUT2D eigenvalue weighted by molar-refractivity contribution is 5.81. The lowest BCUT2D eigenvalue weighted by atomic mass is 10.1. The van der Waals surface area contributed by atoms with Gasteiger partial charge in [-0.15, -0.1) is 10.2 Å². The second-order valence-corrected chi connectivity index (χ2v) is 4.36. The summed E-state index contributed by atoms with van der Waals surface area (Å²) in [5.41, 5.74) is 2.22. The van der Waals surface area contributed by atoms with Gasteiger partial charge in [-0.2, -0.15) is 5.21 Å². The van der Waals surface area contributed by atoms with Crippen LogP contribution in [0.4, 0.5) is 0 Å². The number of H-pyrrole nitrogens is 1. The van der Waals surface area contributed by atoms with E-state index in [-0.39, 0.29) is 6.04 Å². The largest absolute Gasteiger partial charge is 0.303 e. The fourth-order valence-electron chi connectivity index (χ4n) is 2.02. The van der Waals surface area contributed by atoms with E-state index in [1.807, 2.05) is 37.4 Å². The molecule has 2 N–H and O–H groups in total. The molecule has 3 rings (SSSR count). The molecule has 96 valence electrons. The van der Waals surface area contributed by atoms with Gasteiger partial charge in [-0.1, -0.05) is 23.4 Å². The van der Waals surface area contributed by atoms with E-state index in [9.17, 15) is 0 Å². The maximum atomic E-state index is 4.35. The molecular formula is C13H14N6. The second-order valence-electron chi connectivity index (χ2n) is 4.36. The van der Waals surface area contributed by atoms with Crippen LogP contribution in [0.1, 0.15) is 24.4 Å². The smallest absolute Gasteiger partial charge is 0.191 e. The number of aromatic nitrogens is 5. The molecule has 0 radical (unpaired) electrons. The van der Waals surface area contributed by atoms with E-state index in [1.165, 1.54) is 5.56 Å². The number of rotatable bonds is 4. The summed E-state index contributed by atoms with van der Waals surface area (Å²) in [5.74, 6) is 0.665. The van der Waals surface area contributed by atoms with Gasteiger partial charge in [0, 0.05) is 18.1 Å². The Balaban J connectivity index is 1.79. The molecule has 2 heterocycles. The van der Waals surface area contributed by atoms with Crippen molar-refractivity contribution in [2.75, 3.05) is 0 Å². The predicted molar refractivity (Wildman–Crippen MR) is 71.2 cm³/mol. The Morgan fingerprint density at radius 1 is 1.26 bits per heavy atom. The molecule has 0 aliphatic carbocycles. The number of hydrogen-bond acceptors (Lipinski definition) is 5. The van der Waals surface area contributed by atoms with Crippen LogP contribution in [0, 0.1) is 0 Å². The van der Waals surface area contributed by atoms with E-state index in [0.29, 0.717) is 5.82 Å². The molecule has 6 nitrogen and oxygen atoms in total. The van der Waals surface area contributed by atoms with Crippen LogP contribution >= 0.6 is 0 Å². The number of nitrogens with zero attached hydrogens (tertiary/aromatic N) is 4. The van der Waals surface area contributed by atoms with E-state index in [4.69, 9.17) is 0 Å². The lowest BCUT2D eigenvalue weighted by Gasteiger charge is -2.11. The van der Waals surface area contributed by atoms with Gasteiger partial charge < -0.3 is 5.32 Å². The Morgan fingerprint density at radius 2 is 2.16 bits per heavy atom. The van der Waals surface area contributed by atoms with Crippen molar-refractivity contribution in [1.29, 1.82) is 0 Å². The third kappa shape index (κ3) is 2.43. The lowest BCUT2D eigenvalue weighted by Crippen LogP contribution is -2.19. The zero-order chi connectivity index (χ0) is 13.1. The monoisotopic (exact) mass is 254 g/mol. The number of tetrazole rings is 1. The van der Waals surface area contributed by atoms with Crippen molar-refractivity contribution in [2.45, 2.75) is 19.5 Å². The quantitative estimate of drug-likeness (QED) is 0.739. The van der Waals surface area contributed by atoms with Gasteiger partial charge in [0.2, 0.25) is 0 Å². The number of fused-ring (bicyclic) bond motifs is 1. The number of hydrogen-bond donors (Lipinski definition) is 2. The summed E-state index contributed by atoms with van der Waals surface area (Å²) in [6.45, 7) is 2.74. The van der Waals surface area contributed by atoms with E-state index >= 15 is 0 Å². The Kier molecular flexibility index (Phi) is 3.16. The minimum absolute atomic E-state index is 0.0469. The Morgan fingerprint density at radius 3 is 3.00 bits per heavy atom. The van der Waals surface area contributed by atoms with Crippen LogP contribution in [0.3, 0.4) is 0 Å². The first-order chi connectivity index (χ1) is 9.34. The van der Waals surface area contributed by atoms with Crippen LogP contribution in [0.2, 0.25) is 0 Å². The summed E-state index contributed by atoms with van der Waals surface area (Å²) in [6.07, 6.45) is 1.83. The van der Waals surface area contributed by atoms with Crippen LogP contribution < -0.4 is 5.32 Å². The Labute approximate surface area is 110 Å². The molecule has 0 aliphatic heterocycles. The van der Waals surface area contributed by atoms with Crippen LogP contribution in [0.25, 0.3) is 10.9 Å². The minimum atomic E-state index is 0.0469. The number of para-hydroxylation sites is 1. The molecule has 0 aliphatic rings. The molecule has 6 heteroatoms. The first-order valence-electron chi connectivity index (χ1n) is 6.14. The Hall–Kier alpha value is -2.34. The van der Waals surface area contributed by atoms with Gasteiger partial charge in [0.15, 0.2) is 5.82 Å². The summed E-state index contributed by atoms with van der Waals surface area (Å²) >= 11 is 0. The van der Waals surface area contributed by atoms with Crippen LogP contribution in [-0.4, -0.2) is 25.6 Å². The van der Waals surface area contributed by atoms with Crippen molar-refractivity contribution in [3.8, 4) is 0 Å². The third-order valence-corrected chi connectivity index (χ3v) is 3.09. The zero-order valence-electron chi connectivity index (χ0n) is 10.5. The number of aromatic amines is 1. The van der Waals surface area contributed by atoms with Crippen molar-refractivity contribution in [3.05, 3.63) is 47.9 Å². The van der Waals surface area contributed by atoms with Gasteiger partial charge in [0.25, 0.3) is 0 Å². The lowest BCUT2D eigenvalue weighted by molar-refractivity contribution is 0.548. The van der Waals surface area contributed by atoms with Crippen molar-refractivity contribution < 1.29 is 0 Å². The highest BCUT2D eigenvalue weighted by Crippen LogP contribution is 2.16. The second kappa shape index (κ2) is 5.11. The topological polar surface area (TPSA) is 79.4 Å². The van der Waals surface area contributed by atoms with Crippen molar-refractivity contribution in [1.82, 2.24) is 30.9 Å². The van der Waals surface area contributed by atoms with Gasteiger partial charge in [-0.3, -0.25) is 4.98 Å². The van der Waals surface area contributed by atoms with Gasteiger partial charge >= 0.3 is 0 Å². The molecule has 0 amide bonds. The molecule has 0 saturated heterocycles. The molecule has 0 bridgehead atoms. The van der Waals surface area contributed by atoms with Crippen LogP contribution in [0.5, 0.6) is 0 Å². The number of nitrogens with one attached hydrogen (secondary N) is 2. The highest BCUT2D eigenvalue weighted by Gasteiger charge is 2.10. The number of pyridine rings is 1. The summed E-state index contributed by atoms with van der Waals surface area (Å²) in [6, 6.07) is 10.2. The van der Waals surface area contributed by atoms with Crippen molar-refractivity contribution in [2.24, 2.45) is 0 Å². The van der Waals surface area contributed by atoms with E-state index in [2.05, 4.69) is 37.0 Å². The van der Waals surface area contributed by atoms with Gasteiger partial charge in [0.1, 0.15) is 0 Å². The maximum Gasteiger partial charge on any atom is 0.191 e. The molecule has 0 spiro atoms. The highest BCUT2D eigenvalue weighted by atomic mass is 15.5. The minimum Gasteiger partial charge on any atom is -0.303 e. The molecule has 1 aromatic carbocycles. The average Bonchev–Trinajstić information content (AvgIpc) is 2.99. The molecule has 3 aromatic rings. The fraction of sp³-hybridized carbons (Fsp3) is 0.231. The molecule has 0 saturated carbocycles. The van der Waals surface area contributed by atoms with Gasteiger partial charge in [-0.05, 0) is 24.6 Å². The van der Waals surface area contributed by atoms with Gasteiger partial charge in [-0.25, -0.2) is 0 Å². The normalized spacial score (nSPS) is 12.7. The summed E-state index contributed by atoms with van der Waals surface area (Å²) < 4.78 is 0. The first-order valence-corrected chi connectivity index (χ1v) is 6.14. The number of benzene rings is 1. The predicted octanol–water partition coefficient (Wildman–Crippen LogP) is 1.60. The molecular weight excluding hydrogens is 240 g/mol. The van der Waals surface area contributed by atoms with E-state index < -0.39 is 0 Å². The molecule has 0 fully saturated rings. The summed E-state index contributed by atoms with van der Waals surface area (Å²) in [4.78, 5) is 4.35. The summed E-state index contributed by atoms with van der Waals surface area (Å²) in [7, 11) is 0. The standard InChI is InChI=1S/C13H14N6/c1-9(13-16-18-19-17-13)15-8-10-6-7-14-12-5-3-2-4-11(10)12/h2-7,9,15H,8H2,1H3,(H,16,17,18,19). The first kappa shape index (κ1) is 11.7. The molecule has 1 unspecified atom stereocenters. The molecule has 19 heavy (non-hydrogen) atoms. The SMILES string of the molecule is CC(NCc1ccnc2ccccc12)c1nn[nH]n1. The van der Waals surface area contributed by atoms with E-state index in [1.54, 1.807) is 0 Å². The molecule has 1 atom stereocenters. The van der Waals surface area contributed by atoms with Crippen molar-refractivity contribution in [3.63, 3.8) is 0 Å². The Bertz CT molecular complexity index is 658. The molecule has 2 aromatic heterocycles. The van der Waals surface area contributed by atoms with Gasteiger partial charge in [0.05, 0.1) is 11.6 Å². The summed E-state index contributed by atoms with van der Waals surface area (Å²) in [5, 5.41) is 18.5. The van der Waals surface area contributed by atoms with Crippen molar-refractivity contribution >= 4 is 10.9 Å².